The fourth-order valence-corrected chi connectivity index (χ4v) is 1.84. The van der Waals surface area contributed by atoms with E-state index in [2.05, 4.69) is 10.3 Å². The van der Waals surface area contributed by atoms with E-state index < -0.39 is 5.82 Å². The molecule has 0 saturated carbocycles. The first-order valence-corrected chi connectivity index (χ1v) is 5.76. The number of nitrogens with two attached hydrogens (primary N) is 1. The van der Waals surface area contributed by atoms with E-state index in [0.717, 1.165) is 5.01 Å². The smallest absolute Gasteiger partial charge is 0.251 e. The van der Waals surface area contributed by atoms with E-state index in [1.54, 1.807) is 6.20 Å². The van der Waals surface area contributed by atoms with Crippen LogP contribution in [0.4, 0.5) is 10.1 Å². The molecule has 1 amide bonds. The molecule has 1 heterocycles. The lowest BCUT2D eigenvalue weighted by atomic mass is 10.2. The molecule has 0 aliphatic rings. The Balaban J connectivity index is 2.02. The van der Waals surface area contributed by atoms with Crippen molar-refractivity contribution in [1.82, 2.24) is 10.3 Å². The van der Waals surface area contributed by atoms with Crippen LogP contribution in [0.25, 0.3) is 0 Å². The lowest BCUT2D eigenvalue weighted by Crippen LogP contribution is -2.22. The van der Waals surface area contributed by atoms with Gasteiger partial charge in [-0.1, -0.05) is 0 Å². The zero-order valence-corrected chi connectivity index (χ0v) is 9.63. The summed E-state index contributed by atoms with van der Waals surface area (Å²) in [6, 6.07) is 3.88. The third kappa shape index (κ3) is 2.79. The third-order valence-electron chi connectivity index (χ3n) is 2.14. The van der Waals surface area contributed by atoms with Crippen LogP contribution in [0.3, 0.4) is 0 Å². The van der Waals surface area contributed by atoms with Crippen molar-refractivity contribution in [2.24, 2.45) is 0 Å². The zero-order valence-electron chi connectivity index (χ0n) is 8.81. The molecule has 1 aromatic heterocycles. The summed E-state index contributed by atoms with van der Waals surface area (Å²) in [7, 11) is 0. The molecule has 0 atom stereocenters. The Morgan fingerprint density at radius 3 is 3.00 bits per heavy atom. The second kappa shape index (κ2) is 4.92. The molecule has 0 saturated heterocycles. The molecule has 0 spiro atoms. The Morgan fingerprint density at radius 1 is 1.53 bits per heavy atom. The van der Waals surface area contributed by atoms with Crippen molar-refractivity contribution in [3.05, 3.63) is 46.2 Å². The third-order valence-corrected chi connectivity index (χ3v) is 2.92. The molecule has 17 heavy (non-hydrogen) atoms. The van der Waals surface area contributed by atoms with Gasteiger partial charge in [-0.3, -0.25) is 4.79 Å². The number of nitrogens with one attached hydrogen (secondary N) is 1. The van der Waals surface area contributed by atoms with Gasteiger partial charge in [0, 0.05) is 17.1 Å². The fourth-order valence-electron chi connectivity index (χ4n) is 1.28. The zero-order chi connectivity index (χ0) is 12.3. The number of aromatic nitrogens is 1. The number of thiazole rings is 1. The topological polar surface area (TPSA) is 68.0 Å². The number of halogens is 1. The molecule has 2 aromatic rings. The highest BCUT2D eigenvalue weighted by atomic mass is 32.1. The number of hydrogen-bond acceptors (Lipinski definition) is 4. The monoisotopic (exact) mass is 251 g/mol. The number of amides is 1. The maximum atomic E-state index is 12.9. The summed E-state index contributed by atoms with van der Waals surface area (Å²) in [5.41, 5.74) is 5.68. The first-order chi connectivity index (χ1) is 8.16. The first kappa shape index (κ1) is 11.5. The standard InChI is InChI=1S/C11H10FN3OS/c12-8-2-1-7(5-9(8)13)11(16)15-6-10-14-3-4-17-10/h1-5H,6,13H2,(H,15,16). The van der Waals surface area contributed by atoms with Gasteiger partial charge in [-0.15, -0.1) is 11.3 Å². The van der Waals surface area contributed by atoms with E-state index in [1.807, 2.05) is 5.38 Å². The predicted octanol–water partition coefficient (Wildman–Crippen LogP) is 1.79. The fraction of sp³-hybridized carbons (Fsp3) is 0.0909. The van der Waals surface area contributed by atoms with Gasteiger partial charge in [0.1, 0.15) is 10.8 Å². The molecular formula is C11H10FN3OS. The average Bonchev–Trinajstić information content (AvgIpc) is 2.82. The van der Waals surface area contributed by atoms with Gasteiger partial charge in [-0.2, -0.15) is 0 Å². The maximum Gasteiger partial charge on any atom is 0.251 e. The van der Waals surface area contributed by atoms with Crippen LogP contribution >= 0.6 is 11.3 Å². The minimum absolute atomic E-state index is 0.0353. The molecule has 6 heteroatoms. The van der Waals surface area contributed by atoms with Gasteiger partial charge in [-0.05, 0) is 18.2 Å². The minimum Gasteiger partial charge on any atom is -0.396 e. The second-order valence-electron chi connectivity index (χ2n) is 3.34. The average molecular weight is 251 g/mol. The summed E-state index contributed by atoms with van der Waals surface area (Å²) in [5.74, 6) is -0.826. The number of hydrogen-bond donors (Lipinski definition) is 2. The lowest BCUT2D eigenvalue weighted by Gasteiger charge is -2.04. The lowest BCUT2D eigenvalue weighted by molar-refractivity contribution is 0.0951. The van der Waals surface area contributed by atoms with Crippen molar-refractivity contribution < 1.29 is 9.18 Å². The summed E-state index contributed by atoms with van der Waals surface area (Å²) in [6.45, 7) is 0.355. The van der Waals surface area contributed by atoms with E-state index in [1.165, 1.54) is 29.5 Å². The van der Waals surface area contributed by atoms with E-state index in [-0.39, 0.29) is 11.6 Å². The van der Waals surface area contributed by atoms with Crippen LogP contribution in [-0.2, 0) is 6.54 Å². The van der Waals surface area contributed by atoms with Gasteiger partial charge >= 0.3 is 0 Å². The minimum atomic E-state index is -0.526. The highest BCUT2D eigenvalue weighted by Gasteiger charge is 2.08. The number of nitrogen functional groups attached to an aromatic ring is 1. The molecular weight excluding hydrogens is 241 g/mol. The first-order valence-electron chi connectivity index (χ1n) is 4.88. The molecule has 3 N–H and O–H groups in total. The Bertz CT molecular complexity index is 528. The number of carbonyl (C=O) groups is 1. The van der Waals surface area contributed by atoms with Gasteiger partial charge in [0.25, 0.3) is 5.91 Å². The van der Waals surface area contributed by atoms with Crippen molar-refractivity contribution in [3.8, 4) is 0 Å². The highest BCUT2D eigenvalue weighted by molar-refractivity contribution is 7.09. The van der Waals surface area contributed by atoms with Crippen molar-refractivity contribution in [1.29, 1.82) is 0 Å². The van der Waals surface area contributed by atoms with E-state index in [9.17, 15) is 9.18 Å². The van der Waals surface area contributed by atoms with Crippen LogP contribution in [0.5, 0.6) is 0 Å². The summed E-state index contributed by atoms with van der Waals surface area (Å²) in [4.78, 5) is 15.7. The molecule has 4 nitrogen and oxygen atoms in total. The van der Waals surface area contributed by atoms with E-state index >= 15 is 0 Å². The quantitative estimate of drug-likeness (QED) is 0.817. The predicted molar refractivity (Wildman–Crippen MR) is 64.1 cm³/mol. The van der Waals surface area contributed by atoms with Crippen LogP contribution in [0.1, 0.15) is 15.4 Å². The van der Waals surface area contributed by atoms with E-state index in [0.29, 0.717) is 12.1 Å². The van der Waals surface area contributed by atoms with Crippen molar-refractivity contribution >= 4 is 22.9 Å². The molecule has 0 fully saturated rings. The Labute approximate surface area is 101 Å². The Kier molecular flexibility index (Phi) is 3.34. The summed E-state index contributed by atoms with van der Waals surface area (Å²) >= 11 is 1.46. The van der Waals surface area contributed by atoms with Gasteiger partial charge in [0.05, 0.1) is 12.2 Å². The number of benzene rings is 1. The van der Waals surface area contributed by atoms with Crippen LogP contribution in [0.15, 0.2) is 29.8 Å². The molecule has 0 radical (unpaired) electrons. The second-order valence-corrected chi connectivity index (χ2v) is 4.32. The summed E-state index contributed by atoms with van der Waals surface area (Å²) < 4.78 is 12.9. The Hall–Kier alpha value is -1.95. The normalized spacial score (nSPS) is 10.2. The number of rotatable bonds is 3. The van der Waals surface area contributed by atoms with Gasteiger partial charge < -0.3 is 11.1 Å². The van der Waals surface area contributed by atoms with E-state index in [4.69, 9.17) is 5.73 Å². The highest BCUT2D eigenvalue weighted by Crippen LogP contribution is 2.12. The molecule has 0 aliphatic heterocycles. The molecule has 0 unspecified atom stereocenters. The molecule has 0 bridgehead atoms. The van der Waals surface area contributed by atoms with Gasteiger partial charge in [0.15, 0.2) is 0 Å². The molecule has 2 rings (SSSR count). The van der Waals surface area contributed by atoms with Crippen molar-refractivity contribution in [2.45, 2.75) is 6.54 Å². The van der Waals surface area contributed by atoms with Crippen LogP contribution in [0.2, 0.25) is 0 Å². The van der Waals surface area contributed by atoms with Gasteiger partial charge in [0.2, 0.25) is 0 Å². The SMILES string of the molecule is Nc1cc(C(=O)NCc2nccs2)ccc1F. The molecule has 1 aromatic carbocycles. The number of nitrogens with zero attached hydrogens (tertiary/aromatic N) is 1. The largest absolute Gasteiger partial charge is 0.396 e. The van der Waals surface area contributed by atoms with Crippen molar-refractivity contribution in [3.63, 3.8) is 0 Å². The van der Waals surface area contributed by atoms with Gasteiger partial charge in [-0.25, -0.2) is 9.37 Å². The summed E-state index contributed by atoms with van der Waals surface area (Å²) in [5, 5.41) is 5.32. The van der Waals surface area contributed by atoms with Crippen LogP contribution < -0.4 is 11.1 Å². The van der Waals surface area contributed by atoms with Crippen LogP contribution in [-0.4, -0.2) is 10.9 Å². The molecule has 88 valence electrons. The van der Waals surface area contributed by atoms with Crippen molar-refractivity contribution in [2.75, 3.05) is 5.73 Å². The van der Waals surface area contributed by atoms with Crippen LogP contribution in [0, 0.1) is 5.82 Å². The number of carbonyl (C=O) groups excluding carboxylic acids is 1. The Morgan fingerprint density at radius 2 is 2.35 bits per heavy atom. The maximum absolute atomic E-state index is 12.9. The number of anilines is 1. The molecule has 0 aliphatic carbocycles. The summed E-state index contributed by atoms with van der Waals surface area (Å²) in [6.07, 6.45) is 1.67.